The van der Waals surface area contributed by atoms with E-state index < -0.39 is 5.97 Å². The van der Waals surface area contributed by atoms with Gasteiger partial charge in [-0.05, 0) is 67.1 Å². The van der Waals surface area contributed by atoms with Gasteiger partial charge >= 0.3 is 5.97 Å². The Morgan fingerprint density at radius 1 is 1.00 bits per heavy atom. The number of ether oxygens (including phenoxy) is 2. The second kappa shape index (κ2) is 10.6. The molecule has 3 rings (SSSR count). The first-order valence-corrected chi connectivity index (χ1v) is 10.1. The lowest BCUT2D eigenvalue weighted by Crippen LogP contribution is -2.17. The van der Waals surface area contributed by atoms with Crippen molar-refractivity contribution < 1.29 is 19.1 Å². The standard InChI is InChI=1S/C23H18Cl2N2O4/c1-2-30-18-9-6-16(7-10-18)22(28)27-26-14-15-4-3-5-19(12-15)31-23(29)20-11-8-17(24)13-21(20)25/h3-14H,2H2,1H3,(H,27,28)/b26-14-. The lowest BCUT2D eigenvalue weighted by Gasteiger charge is -2.07. The molecular weight excluding hydrogens is 439 g/mol. The van der Waals surface area contributed by atoms with Crippen LogP contribution in [0.3, 0.4) is 0 Å². The first-order valence-electron chi connectivity index (χ1n) is 9.30. The van der Waals surface area contributed by atoms with Gasteiger partial charge in [0.25, 0.3) is 5.91 Å². The van der Waals surface area contributed by atoms with Crippen LogP contribution in [-0.4, -0.2) is 24.7 Å². The van der Waals surface area contributed by atoms with Crippen LogP contribution in [0.25, 0.3) is 0 Å². The number of carbonyl (C=O) groups is 2. The third-order valence-corrected chi connectivity index (χ3v) is 4.57. The van der Waals surface area contributed by atoms with Crippen LogP contribution in [0, 0.1) is 0 Å². The summed E-state index contributed by atoms with van der Waals surface area (Å²) in [6, 6.07) is 17.9. The van der Waals surface area contributed by atoms with Gasteiger partial charge < -0.3 is 9.47 Å². The fraction of sp³-hybridized carbons (Fsp3) is 0.0870. The van der Waals surface area contributed by atoms with Crippen molar-refractivity contribution in [2.45, 2.75) is 6.92 Å². The zero-order valence-corrected chi connectivity index (χ0v) is 18.0. The molecule has 0 unspecified atom stereocenters. The minimum Gasteiger partial charge on any atom is -0.494 e. The third kappa shape index (κ3) is 6.31. The summed E-state index contributed by atoms with van der Waals surface area (Å²) >= 11 is 11.9. The first kappa shape index (κ1) is 22.3. The summed E-state index contributed by atoms with van der Waals surface area (Å²) in [7, 11) is 0. The first-order chi connectivity index (χ1) is 15.0. The topological polar surface area (TPSA) is 77.0 Å². The van der Waals surface area contributed by atoms with Crippen molar-refractivity contribution in [1.82, 2.24) is 5.43 Å². The predicted molar refractivity (Wildman–Crippen MR) is 121 cm³/mol. The average molecular weight is 457 g/mol. The molecule has 0 aliphatic rings. The van der Waals surface area contributed by atoms with Gasteiger partial charge in [-0.25, -0.2) is 10.2 Å². The maximum Gasteiger partial charge on any atom is 0.345 e. The van der Waals surface area contributed by atoms with Crippen LogP contribution in [0.15, 0.2) is 71.8 Å². The fourth-order valence-corrected chi connectivity index (χ4v) is 3.06. The van der Waals surface area contributed by atoms with Crippen LogP contribution in [0.4, 0.5) is 0 Å². The van der Waals surface area contributed by atoms with Crippen molar-refractivity contribution in [3.63, 3.8) is 0 Å². The van der Waals surface area contributed by atoms with Gasteiger partial charge in [0.1, 0.15) is 11.5 Å². The quantitative estimate of drug-likeness (QED) is 0.224. The molecule has 0 heterocycles. The smallest absolute Gasteiger partial charge is 0.345 e. The van der Waals surface area contributed by atoms with E-state index in [1.54, 1.807) is 54.6 Å². The summed E-state index contributed by atoms with van der Waals surface area (Å²) in [5.41, 5.74) is 3.72. The van der Waals surface area contributed by atoms with Gasteiger partial charge in [0, 0.05) is 10.6 Å². The number of hydrogen-bond acceptors (Lipinski definition) is 5. The summed E-state index contributed by atoms with van der Waals surface area (Å²) < 4.78 is 10.7. The van der Waals surface area contributed by atoms with Crippen LogP contribution in [0.1, 0.15) is 33.2 Å². The molecule has 0 atom stereocenters. The summed E-state index contributed by atoms with van der Waals surface area (Å²) in [6.07, 6.45) is 1.44. The second-order valence-corrected chi connectivity index (χ2v) is 7.09. The Balaban J connectivity index is 1.61. The highest BCUT2D eigenvalue weighted by Gasteiger charge is 2.13. The van der Waals surface area contributed by atoms with Crippen molar-refractivity contribution in [3.8, 4) is 11.5 Å². The van der Waals surface area contributed by atoms with Crippen molar-refractivity contribution in [2.24, 2.45) is 5.10 Å². The Hall–Kier alpha value is -3.35. The molecule has 6 nitrogen and oxygen atoms in total. The van der Waals surface area contributed by atoms with Gasteiger partial charge in [-0.15, -0.1) is 0 Å². The highest BCUT2D eigenvalue weighted by molar-refractivity contribution is 6.36. The molecule has 8 heteroatoms. The van der Waals surface area contributed by atoms with Crippen LogP contribution in [0.5, 0.6) is 11.5 Å². The molecular formula is C23H18Cl2N2O4. The number of hydrazone groups is 1. The maximum absolute atomic E-state index is 12.3. The van der Waals surface area contributed by atoms with Crippen molar-refractivity contribution in [2.75, 3.05) is 6.61 Å². The third-order valence-electron chi connectivity index (χ3n) is 4.03. The number of hydrogen-bond donors (Lipinski definition) is 1. The minimum atomic E-state index is -0.612. The van der Waals surface area contributed by atoms with E-state index in [0.29, 0.717) is 34.3 Å². The van der Waals surface area contributed by atoms with E-state index in [1.807, 2.05) is 6.92 Å². The van der Waals surface area contributed by atoms with E-state index in [4.69, 9.17) is 32.7 Å². The van der Waals surface area contributed by atoms with E-state index in [0.717, 1.165) is 0 Å². The Bertz CT molecular complexity index is 1110. The van der Waals surface area contributed by atoms with Gasteiger partial charge in [0.2, 0.25) is 0 Å². The average Bonchev–Trinajstić information content (AvgIpc) is 2.74. The van der Waals surface area contributed by atoms with Gasteiger partial charge in [-0.1, -0.05) is 35.3 Å². The van der Waals surface area contributed by atoms with E-state index in [1.165, 1.54) is 18.3 Å². The number of halogens is 2. The molecule has 0 aliphatic carbocycles. The van der Waals surface area contributed by atoms with Crippen LogP contribution in [0.2, 0.25) is 10.0 Å². The van der Waals surface area contributed by atoms with E-state index in [9.17, 15) is 9.59 Å². The second-order valence-electron chi connectivity index (χ2n) is 6.24. The molecule has 0 aromatic heterocycles. The van der Waals surface area contributed by atoms with E-state index in [2.05, 4.69) is 10.5 Å². The van der Waals surface area contributed by atoms with Gasteiger partial charge in [-0.3, -0.25) is 4.79 Å². The zero-order chi connectivity index (χ0) is 22.2. The molecule has 0 saturated heterocycles. The maximum atomic E-state index is 12.3. The van der Waals surface area contributed by atoms with Crippen molar-refractivity contribution in [1.29, 1.82) is 0 Å². The SMILES string of the molecule is CCOc1ccc(C(=O)N/N=C\c2cccc(OC(=O)c3ccc(Cl)cc3Cl)c2)cc1. The number of carbonyl (C=O) groups excluding carboxylic acids is 2. The normalized spacial score (nSPS) is 10.7. The van der Waals surface area contributed by atoms with Crippen LogP contribution in [-0.2, 0) is 0 Å². The Kier molecular flexibility index (Phi) is 7.65. The predicted octanol–water partition coefficient (Wildman–Crippen LogP) is 5.38. The van der Waals surface area contributed by atoms with Crippen LogP contribution >= 0.6 is 23.2 Å². The van der Waals surface area contributed by atoms with Crippen molar-refractivity contribution >= 4 is 41.3 Å². The van der Waals surface area contributed by atoms with Gasteiger partial charge in [-0.2, -0.15) is 5.10 Å². The Morgan fingerprint density at radius 3 is 2.48 bits per heavy atom. The number of amides is 1. The van der Waals surface area contributed by atoms with Crippen LogP contribution < -0.4 is 14.9 Å². The summed E-state index contributed by atoms with van der Waals surface area (Å²) in [6.45, 7) is 2.44. The van der Waals surface area contributed by atoms with E-state index >= 15 is 0 Å². The monoisotopic (exact) mass is 456 g/mol. The molecule has 31 heavy (non-hydrogen) atoms. The highest BCUT2D eigenvalue weighted by atomic mass is 35.5. The number of nitrogens with one attached hydrogen (secondary N) is 1. The zero-order valence-electron chi connectivity index (χ0n) is 16.5. The molecule has 1 N–H and O–H groups in total. The summed E-state index contributed by atoms with van der Waals surface area (Å²) in [5, 5.41) is 4.57. The summed E-state index contributed by atoms with van der Waals surface area (Å²) in [4.78, 5) is 24.5. The molecule has 0 fully saturated rings. The number of rotatable bonds is 7. The molecule has 0 aliphatic heterocycles. The molecule has 3 aromatic rings. The molecule has 0 spiro atoms. The molecule has 3 aromatic carbocycles. The number of esters is 1. The minimum absolute atomic E-state index is 0.201. The van der Waals surface area contributed by atoms with Crippen molar-refractivity contribution in [3.05, 3.63) is 93.5 Å². The Morgan fingerprint density at radius 2 is 1.77 bits per heavy atom. The van der Waals surface area contributed by atoms with E-state index in [-0.39, 0.29) is 16.5 Å². The molecule has 1 amide bonds. The largest absolute Gasteiger partial charge is 0.494 e. The number of benzene rings is 3. The highest BCUT2D eigenvalue weighted by Crippen LogP contribution is 2.23. The fourth-order valence-electron chi connectivity index (χ4n) is 2.57. The number of nitrogens with zero attached hydrogens (tertiary/aromatic N) is 1. The summed E-state index contributed by atoms with van der Waals surface area (Å²) in [5.74, 6) is 0.0189. The molecule has 0 saturated carbocycles. The Labute approximate surface area is 189 Å². The lowest BCUT2D eigenvalue weighted by molar-refractivity contribution is 0.0734. The lowest BCUT2D eigenvalue weighted by atomic mass is 10.2. The van der Waals surface area contributed by atoms with Gasteiger partial charge in [0.05, 0.1) is 23.4 Å². The molecule has 158 valence electrons. The van der Waals surface area contributed by atoms with Gasteiger partial charge in [0.15, 0.2) is 0 Å². The molecule has 0 bridgehead atoms. The molecule has 0 radical (unpaired) electrons.